The molecule has 30 heavy (non-hydrogen) atoms. The van der Waals surface area contributed by atoms with Crippen molar-refractivity contribution in [3.05, 3.63) is 65.3 Å². The van der Waals surface area contributed by atoms with Crippen LogP contribution in [-0.4, -0.2) is 43.3 Å². The van der Waals surface area contributed by atoms with Crippen molar-refractivity contribution in [1.82, 2.24) is 9.97 Å². The Morgan fingerprint density at radius 1 is 1.13 bits per heavy atom. The average Bonchev–Trinajstić information content (AvgIpc) is 2.78. The first-order chi connectivity index (χ1) is 14.5. The normalized spacial score (nSPS) is 13.9. The largest absolute Gasteiger partial charge is 0.378 e. The van der Waals surface area contributed by atoms with E-state index in [1.807, 2.05) is 24.3 Å². The summed E-state index contributed by atoms with van der Waals surface area (Å²) in [6, 6.07) is 12.0. The highest BCUT2D eigenvalue weighted by Gasteiger charge is 2.17. The van der Waals surface area contributed by atoms with E-state index >= 15 is 0 Å². The smallest absolute Gasteiger partial charge is 0.229 e. The third-order valence-electron chi connectivity index (χ3n) is 4.84. The second-order valence-corrected chi connectivity index (χ2v) is 7.14. The van der Waals surface area contributed by atoms with Crippen LogP contribution in [0, 0.1) is 11.6 Å². The number of hydrogen-bond acceptors (Lipinski definition) is 6. The van der Waals surface area contributed by atoms with Crippen LogP contribution in [0.5, 0.6) is 0 Å². The van der Waals surface area contributed by atoms with E-state index < -0.39 is 16.7 Å². The maximum atomic E-state index is 14.4. The molecule has 1 aromatic heterocycles. The molecule has 0 aliphatic carbocycles. The fraction of sp³-hybridized carbons (Fsp3) is 0.238. The SMILES string of the molecule is CN(c1ccnc(Nc2cccc(N3CCOCC3)c2)n1)c1ccc(F)c(Cl)c1F. The van der Waals surface area contributed by atoms with E-state index in [0.29, 0.717) is 25.0 Å². The van der Waals surface area contributed by atoms with Gasteiger partial charge in [-0.15, -0.1) is 0 Å². The van der Waals surface area contributed by atoms with E-state index in [1.165, 1.54) is 11.0 Å². The van der Waals surface area contributed by atoms with Gasteiger partial charge in [0.2, 0.25) is 5.95 Å². The average molecular weight is 432 g/mol. The molecule has 9 heteroatoms. The zero-order chi connectivity index (χ0) is 21.1. The minimum absolute atomic E-state index is 0.111. The third kappa shape index (κ3) is 4.29. The minimum atomic E-state index is -0.842. The molecule has 3 aromatic rings. The van der Waals surface area contributed by atoms with E-state index in [2.05, 4.69) is 20.2 Å². The number of aromatic nitrogens is 2. The Bertz CT molecular complexity index is 1050. The summed E-state index contributed by atoms with van der Waals surface area (Å²) in [4.78, 5) is 12.4. The van der Waals surface area contributed by atoms with Crippen molar-refractivity contribution in [1.29, 1.82) is 0 Å². The molecule has 0 bridgehead atoms. The van der Waals surface area contributed by atoms with E-state index in [-0.39, 0.29) is 5.69 Å². The lowest BCUT2D eigenvalue weighted by Crippen LogP contribution is -2.36. The Kier molecular flexibility index (Phi) is 5.96. The van der Waals surface area contributed by atoms with Crippen LogP contribution >= 0.6 is 11.6 Å². The van der Waals surface area contributed by atoms with Crippen molar-refractivity contribution in [2.24, 2.45) is 0 Å². The fourth-order valence-electron chi connectivity index (χ4n) is 3.23. The number of ether oxygens (including phenoxy) is 1. The standard InChI is InChI=1S/C21H20ClF2N5O/c1-28(17-6-5-16(23)19(22)20(17)24)18-7-8-25-21(27-18)26-14-3-2-4-15(13-14)29-9-11-30-12-10-29/h2-8,13H,9-12H2,1H3,(H,25,26,27). The molecular weight excluding hydrogens is 412 g/mol. The second-order valence-electron chi connectivity index (χ2n) is 6.77. The Labute approximate surface area is 178 Å². The summed E-state index contributed by atoms with van der Waals surface area (Å²) in [6.45, 7) is 3.09. The van der Waals surface area contributed by atoms with Crippen molar-refractivity contribution in [2.45, 2.75) is 0 Å². The van der Waals surface area contributed by atoms with Crippen LogP contribution in [0.3, 0.4) is 0 Å². The summed E-state index contributed by atoms with van der Waals surface area (Å²) in [5.74, 6) is -0.868. The molecule has 1 saturated heterocycles. The Hall–Kier alpha value is -2.97. The Morgan fingerprint density at radius 2 is 1.93 bits per heavy atom. The minimum Gasteiger partial charge on any atom is -0.378 e. The van der Waals surface area contributed by atoms with Crippen LogP contribution in [-0.2, 0) is 4.74 Å². The lowest BCUT2D eigenvalue weighted by molar-refractivity contribution is 0.122. The monoisotopic (exact) mass is 431 g/mol. The van der Waals surface area contributed by atoms with Gasteiger partial charge in [-0.1, -0.05) is 17.7 Å². The maximum Gasteiger partial charge on any atom is 0.229 e. The first-order valence-electron chi connectivity index (χ1n) is 9.43. The van der Waals surface area contributed by atoms with Crippen LogP contribution in [0.1, 0.15) is 0 Å². The number of morpholine rings is 1. The molecule has 0 radical (unpaired) electrons. The molecule has 1 aliphatic rings. The number of nitrogens with one attached hydrogen (secondary N) is 1. The molecule has 2 aromatic carbocycles. The van der Waals surface area contributed by atoms with E-state index in [4.69, 9.17) is 16.3 Å². The summed E-state index contributed by atoms with van der Waals surface area (Å²) in [6.07, 6.45) is 1.57. The zero-order valence-electron chi connectivity index (χ0n) is 16.3. The zero-order valence-corrected chi connectivity index (χ0v) is 17.0. The van der Waals surface area contributed by atoms with Gasteiger partial charge in [0.05, 0.1) is 18.9 Å². The quantitative estimate of drug-likeness (QED) is 0.588. The molecule has 0 atom stereocenters. The van der Waals surface area contributed by atoms with Crippen LogP contribution in [0.15, 0.2) is 48.7 Å². The first kappa shape index (κ1) is 20.3. The van der Waals surface area contributed by atoms with E-state index in [0.717, 1.165) is 30.5 Å². The van der Waals surface area contributed by atoms with Gasteiger partial charge in [-0.3, -0.25) is 0 Å². The highest BCUT2D eigenvalue weighted by Crippen LogP contribution is 2.31. The molecule has 1 aliphatic heterocycles. The van der Waals surface area contributed by atoms with Crippen molar-refractivity contribution < 1.29 is 13.5 Å². The Morgan fingerprint density at radius 3 is 2.73 bits per heavy atom. The van der Waals surface area contributed by atoms with Gasteiger partial charge in [-0.25, -0.2) is 13.8 Å². The highest BCUT2D eigenvalue weighted by atomic mass is 35.5. The number of anilines is 5. The summed E-state index contributed by atoms with van der Waals surface area (Å²) in [7, 11) is 1.62. The molecular formula is C21H20ClF2N5O. The van der Waals surface area contributed by atoms with E-state index in [9.17, 15) is 8.78 Å². The molecule has 4 rings (SSSR count). The second kappa shape index (κ2) is 8.81. The molecule has 1 N–H and O–H groups in total. The summed E-state index contributed by atoms with van der Waals surface area (Å²) in [5, 5.41) is 2.63. The van der Waals surface area contributed by atoms with Gasteiger partial charge in [0, 0.05) is 37.7 Å². The number of hydrogen-bond donors (Lipinski definition) is 1. The van der Waals surface area contributed by atoms with Gasteiger partial charge < -0.3 is 19.9 Å². The first-order valence-corrected chi connectivity index (χ1v) is 9.81. The molecule has 0 saturated carbocycles. The van der Waals surface area contributed by atoms with Crippen LogP contribution in [0.25, 0.3) is 0 Å². The molecule has 1 fully saturated rings. The van der Waals surface area contributed by atoms with Crippen molar-refractivity contribution >= 4 is 40.4 Å². The molecule has 0 unspecified atom stereocenters. The summed E-state index contributed by atoms with van der Waals surface area (Å²) in [5.41, 5.74) is 2.02. The number of benzene rings is 2. The molecule has 2 heterocycles. The van der Waals surface area contributed by atoms with Crippen LogP contribution in [0.2, 0.25) is 5.02 Å². The van der Waals surface area contributed by atoms with Gasteiger partial charge in [0.25, 0.3) is 0 Å². The maximum absolute atomic E-state index is 14.4. The van der Waals surface area contributed by atoms with Gasteiger partial charge in [-0.2, -0.15) is 4.98 Å². The number of nitrogens with zero attached hydrogens (tertiary/aromatic N) is 4. The fourth-order valence-corrected chi connectivity index (χ4v) is 3.39. The van der Waals surface area contributed by atoms with Crippen molar-refractivity contribution in [3.63, 3.8) is 0 Å². The van der Waals surface area contributed by atoms with Crippen molar-refractivity contribution in [3.8, 4) is 0 Å². The summed E-state index contributed by atoms with van der Waals surface area (Å²) >= 11 is 5.70. The van der Waals surface area contributed by atoms with Crippen LogP contribution in [0.4, 0.5) is 37.6 Å². The topological polar surface area (TPSA) is 53.5 Å². The van der Waals surface area contributed by atoms with Gasteiger partial charge in [-0.05, 0) is 36.4 Å². The Balaban J connectivity index is 1.55. The van der Waals surface area contributed by atoms with Gasteiger partial charge in [0.15, 0.2) is 5.82 Å². The molecule has 6 nitrogen and oxygen atoms in total. The molecule has 0 amide bonds. The third-order valence-corrected chi connectivity index (χ3v) is 5.19. The number of rotatable bonds is 5. The van der Waals surface area contributed by atoms with Gasteiger partial charge in [0.1, 0.15) is 16.7 Å². The summed E-state index contributed by atoms with van der Waals surface area (Å²) < 4.78 is 33.2. The molecule has 0 spiro atoms. The van der Waals surface area contributed by atoms with E-state index in [1.54, 1.807) is 19.3 Å². The van der Waals surface area contributed by atoms with Crippen LogP contribution < -0.4 is 15.1 Å². The lowest BCUT2D eigenvalue weighted by atomic mass is 10.2. The highest BCUT2D eigenvalue weighted by molar-refractivity contribution is 6.31. The van der Waals surface area contributed by atoms with Gasteiger partial charge >= 0.3 is 0 Å². The predicted molar refractivity (Wildman–Crippen MR) is 114 cm³/mol. The molecule has 156 valence electrons. The number of halogens is 3. The van der Waals surface area contributed by atoms with Crippen molar-refractivity contribution in [2.75, 3.05) is 48.5 Å². The predicted octanol–water partition coefficient (Wildman–Crippen LogP) is 4.76. The lowest BCUT2D eigenvalue weighted by Gasteiger charge is -2.29.